The van der Waals surface area contributed by atoms with Gasteiger partial charge in [0.05, 0.1) is 0 Å². The fourth-order valence-corrected chi connectivity index (χ4v) is 2.70. The van der Waals surface area contributed by atoms with E-state index in [9.17, 15) is 4.79 Å². The van der Waals surface area contributed by atoms with Crippen LogP contribution in [0.3, 0.4) is 0 Å². The molecule has 1 heterocycles. The summed E-state index contributed by atoms with van der Waals surface area (Å²) in [7, 11) is 0. The lowest BCUT2D eigenvalue weighted by molar-refractivity contribution is -0.128. The van der Waals surface area contributed by atoms with E-state index in [1.54, 1.807) is 0 Å². The van der Waals surface area contributed by atoms with Crippen molar-refractivity contribution in [2.24, 2.45) is 5.92 Å². The average Bonchev–Trinajstić information content (AvgIpc) is 2.68. The molecule has 1 aliphatic rings. The molecule has 0 bridgehead atoms. The van der Waals surface area contributed by atoms with Crippen molar-refractivity contribution >= 4 is 5.91 Å². The molecule has 1 N–H and O–H groups in total. The normalized spacial score (nSPS) is 20.9. The van der Waals surface area contributed by atoms with Crippen LogP contribution in [-0.4, -0.2) is 30.4 Å². The highest BCUT2D eigenvalue weighted by Gasteiger charge is 2.28. The van der Waals surface area contributed by atoms with Crippen LogP contribution in [0.2, 0.25) is 0 Å². The Kier molecular flexibility index (Phi) is 4.59. The summed E-state index contributed by atoms with van der Waals surface area (Å²) in [4.78, 5) is 13.9. The van der Waals surface area contributed by atoms with Crippen molar-refractivity contribution in [2.45, 2.75) is 33.2 Å². The second kappa shape index (κ2) is 6.20. The maximum Gasteiger partial charge on any atom is 0.222 e. The molecule has 1 aromatic rings. The van der Waals surface area contributed by atoms with Gasteiger partial charge in [-0.1, -0.05) is 43.7 Å². The van der Waals surface area contributed by atoms with Crippen molar-refractivity contribution in [1.29, 1.82) is 0 Å². The van der Waals surface area contributed by atoms with Crippen molar-refractivity contribution < 1.29 is 4.79 Å². The summed E-state index contributed by atoms with van der Waals surface area (Å²) in [5, 5.41) is 3.49. The molecule has 3 heteroatoms. The highest BCUT2D eigenvalue weighted by molar-refractivity contribution is 5.78. The van der Waals surface area contributed by atoms with Gasteiger partial charge in [0.2, 0.25) is 5.91 Å². The Labute approximate surface area is 116 Å². The van der Waals surface area contributed by atoms with Crippen LogP contribution >= 0.6 is 0 Å². The Morgan fingerprint density at radius 3 is 2.58 bits per heavy atom. The Balaban J connectivity index is 2.07. The molecule has 1 fully saturated rings. The van der Waals surface area contributed by atoms with Crippen LogP contribution < -0.4 is 5.32 Å². The van der Waals surface area contributed by atoms with E-state index < -0.39 is 0 Å². The van der Waals surface area contributed by atoms with Crippen LogP contribution in [0.5, 0.6) is 0 Å². The maximum atomic E-state index is 11.9. The Hall–Kier alpha value is -1.35. The molecule has 2 unspecified atom stereocenters. The molecule has 1 aliphatic heterocycles. The number of nitrogens with zero attached hydrogens (tertiary/aromatic N) is 1. The third-order valence-corrected chi connectivity index (χ3v) is 3.74. The van der Waals surface area contributed by atoms with Crippen molar-refractivity contribution in [1.82, 2.24) is 10.2 Å². The molecule has 0 radical (unpaired) electrons. The zero-order chi connectivity index (χ0) is 13.8. The standard InChI is InChI=1S/C16H24N2O/c1-4-17-15(14-7-5-12(2)6-8-14)11-18-10-13(3)9-16(18)19/h5-8,13,15,17H,4,9-11H2,1-3H3. The Morgan fingerprint density at radius 2 is 2.05 bits per heavy atom. The number of benzene rings is 1. The fourth-order valence-electron chi connectivity index (χ4n) is 2.70. The minimum Gasteiger partial charge on any atom is -0.340 e. The van der Waals surface area contributed by atoms with Crippen molar-refractivity contribution in [2.75, 3.05) is 19.6 Å². The molecule has 1 amide bonds. The number of rotatable bonds is 5. The Morgan fingerprint density at radius 1 is 1.37 bits per heavy atom. The van der Waals surface area contributed by atoms with Gasteiger partial charge in [-0.05, 0) is 24.9 Å². The van der Waals surface area contributed by atoms with E-state index in [1.165, 1.54) is 11.1 Å². The highest BCUT2D eigenvalue weighted by atomic mass is 16.2. The van der Waals surface area contributed by atoms with Gasteiger partial charge in [0.15, 0.2) is 0 Å². The number of hydrogen-bond donors (Lipinski definition) is 1. The first-order chi connectivity index (χ1) is 9.10. The van der Waals surface area contributed by atoms with Crippen LogP contribution in [0.15, 0.2) is 24.3 Å². The second-order valence-corrected chi connectivity index (χ2v) is 5.63. The van der Waals surface area contributed by atoms with E-state index in [4.69, 9.17) is 0 Å². The molecule has 1 saturated heterocycles. The van der Waals surface area contributed by atoms with Gasteiger partial charge in [-0.3, -0.25) is 4.79 Å². The topological polar surface area (TPSA) is 32.3 Å². The number of nitrogens with one attached hydrogen (secondary N) is 1. The van der Waals surface area contributed by atoms with E-state index in [0.717, 1.165) is 19.6 Å². The first kappa shape index (κ1) is 14.1. The molecule has 19 heavy (non-hydrogen) atoms. The molecule has 2 atom stereocenters. The summed E-state index contributed by atoms with van der Waals surface area (Å²) in [6, 6.07) is 8.82. The monoisotopic (exact) mass is 260 g/mol. The molecular formula is C16H24N2O. The lowest BCUT2D eigenvalue weighted by Crippen LogP contribution is -2.36. The van der Waals surface area contributed by atoms with Gasteiger partial charge in [0, 0.05) is 25.6 Å². The largest absolute Gasteiger partial charge is 0.340 e. The molecule has 0 saturated carbocycles. The van der Waals surface area contributed by atoms with Gasteiger partial charge < -0.3 is 10.2 Å². The summed E-state index contributed by atoms with van der Waals surface area (Å²) in [6.45, 7) is 8.93. The van der Waals surface area contributed by atoms with Crippen LogP contribution in [0.1, 0.15) is 37.4 Å². The number of aryl methyl sites for hydroxylation is 1. The Bertz CT molecular complexity index is 427. The van der Waals surface area contributed by atoms with E-state index in [0.29, 0.717) is 18.2 Å². The summed E-state index contributed by atoms with van der Waals surface area (Å²) < 4.78 is 0. The predicted octanol–water partition coefficient (Wildman–Crippen LogP) is 2.51. The van der Waals surface area contributed by atoms with E-state index >= 15 is 0 Å². The van der Waals surface area contributed by atoms with Gasteiger partial charge in [-0.25, -0.2) is 0 Å². The smallest absolute Gasteiger partial charge is 0.222 e. The summed E-state index contributed by atoms with van der Waals surface area (Å²) >= 11 is 0. The zero-order valence-corrected chi connectivity index (χ0v) is 12.1. The molecule has 2 rings (SSSR count). The SMILES string of the molecule is CCNC(CN1CC(C)CC1=O)c1ccc(C)cc1. The third-order valence-electron chi connectivity index (χ3n) is 3.74. The predicted molar refractivity (Wildman–Crippen MR) is 78.0 cm³/mol. The van der Waals surface area contributed by atoms with E-state index in [1.807, 2.05) is 4.90 Å². The van der Waals surface area contributed by atoms with Crippen LogP contribution in [-0.2, 0) is 4.79 Å². The van der Waals surface area contributed by atoms with Crippen LogP contribution in [0.25, 0.3) is 0 Å². The van der Waals surface area contributed by atoms with E-state index in [-0.39, 0.29) is 6.04 Å². The molecule has 0 spiro atoms. The first-order valence-corrected chi connectivity index (χ1v) is 7.18. The van der Waals surface area contributed by atoms with Gasteiger partial charge in [0.25, 0.3) is 0 Å². The lowest BCUT2D eigenvalue weighted by atomic mass is 10.0. The molecular weight excluding hydrogens is 236 g/mol. The first-order valence-electron chi connectivity index (χ1n) is 7.18. The van der Waals surface area contributed by atoms with Crippen LogP contribution in [0, 0.1) is 12.8 Å². The zero-order valence-electron chi connectivity index (χ0n) is 12.1. The van der Waals surface area contributed by atoms with Gasteiger partial charge >= 0.3 is 0 Å². The number of amides is 1. The summed E-state index contributed by atoms with van der Waals surface area (Å²) in [5.74, 6) is 0.787. The quantitative estimate of drug-likeness (QED) is 0.882. The third kappa shape index (κ3) is 3.57. The number of carbonyl (C=O) groups excluding carboxylic acids is 1. The molecule has 0 aromatic heterocycles. The van der Waals surface area contributed by atoms with Gasteiger partial charge in [0.1, 0.15) is 0 Å². The number of hydrogen-bond acceptors (Lipinski definition) is 2. The van der Waals surface area contributed by atoms with Crippen molar-refractivity contribution in [3.63, 3.8) is 0 Å². The van der Waals surface area contributed by atoms with Crippen molar-refractivity contribution in [3.8, 4) is 0 Å². The maximum absolute atomic E-state index is 11.9. The minimum absolute atomic E-state index is 0.236. The summed E-state index contributed by atoms with van der Waals surface area (Å²) in [6.07, 6.45) is 0.701. The average molecular weight is 260 g/mol. The van der Waals surface area contributed by atoms with E-state index in [2.05, 4.69) is 50.4 Å². The highest BCUT2D eigenvalue weighted by Crippen LogP contribution is 2.21. The number of likely N-dealkylation sites (tertiary alicyclic amines) is 1. The number of carbonyl (C=O) groups is 1. The fraction of sp³-hybridized carbons (Fsp3) is 0.562. The van der Waals surface area contributed by atoms with Gasteiger partial charge in [-0.2, -0.15) is 0 Å². The summed E-state index contributed by atoms with van der Waals surface area (Å²) in [5.41, 5.74) is 2.53. The lowest BCUT2D eigenvalue weighted by Gasteiger charge is -2.25. The molecule has 0 aliphatic carbocycles. The molecule has 1 aromatic carbocycles. The van der Waals surface area contributed by atoms with Gasteiger partial charge in [-0.15, -0.1) is 0 Å². The minimum atomic E-state index is 0.236. The van der Waals surface area contributed by atoms with Crippen LogP contribution in [0.4, 0.5) is 0 Å². The molecule has 3 nitrogen and oxygen atoms in total. The molecule has 104 valence electrons. The second-order valence-electron chi connectivity index (χ2n) is 5.63. The van der Waals surface area contributed by atoms with Crippen molar-refractivity contribution in [3.05, 3.63) is 35.4 Å². The number of likely N-dealkylation sites (N-methyl/N-ethyl adjacent to an activating group) is 1.